The van der Waals surface area contributed by atoms with Crippen molar-refractivity contribution in [2.24, 2.45) is 0 Å². The topological polar surface area (TPSA) is 42.5 Å². The van der Waals surface area contributed by atoms with Crippen molar-refractivity contribution >= 4 is 22.5 Å². The molecule has 0 amide bonds. The van der Waals surface area contributed by atoms with Gasteiger partial charge in [-0.05, 0) is 63.5 Å². The van der Waals surface area contributed by atoms with E-state index in [4.69, 9.17) is 11.6 Å². The van der Waals surface area contributed by atoms with Crippen LogP contribution in [0.15, 0.2) is 36.4 Å². The number of Topliss-reactive ketones (excluding diaryl/α,β-unsaturated/α-hetero) is 1. The van der Waals surface area contributed by atoms with Crippen LogP contribution in [0.1, 0.15) is 47.9 Å². The number of likely N-dealkylation sites (tertiary alicyclic amines) is 1. The smallest absolute Gasteiger partial charge is 0.187 e. The minimum atomic E-state index is 0.145. The lowest BCUT2D eigenvalue weighted by atomic mass is 10.1. The average molecular weight is 386 g/mol. The predicted octanol–water partition coefficient (Wildman–Crippen LogP) is 5.12. The second-order valence-electron chi connectivity index (χ2n) is 7.71. The summed E-state index contributed by atoms with van der Waals surface area (Å²) < 4.78 is 2.10. The molecule has 1 fully saturated rings. The normalized spacial score (nSPS) is 14.8. The Bertz CT molecular complexity index is 1080. The van der Waals surface area contributed by atoms with E-state index in [1.807, 2.05) is 37.3 Å². The second-order valence-corrected chi connectivity index (χ2v) is 7.71. The fourth-order valence-electron chi connectivity index (χ4n) is 4.26. The maximum Gasteiger partial charge on any atom is 0.187 e. The zero-order chi connectivity index (χ0) is 20.4. The van der Waals surface area contributed by atoms with E-state index in [9.17, 15) is 4.79 Å². The lowest BCUT2D eigenvalue weighted by molar-refractivity contribution is 0.0916. The third kappa shape index (κ3) is 3.68. The summed E-state index contributed by atoms with van der Waals surface area (Å²) in [6.07, 6.45) is 4.42. The largest absolute Gasteiger partial charge is 0.312 e. The number of carbonyl (C=O) groups excluding carboxylic acids is 1. The number of hydrogen-bond donors (Lipinski definition) is 0. The first-order valence-corrected chi connectivity index (χ1v) is 10.4. The zero-order valence-corrected chi connectivity index (χ0v) is 17.1. The SMILES string of the molecule is [C-]#[N+]c1ccc(-n2c(C)c(C(=O)CN3CCCCC3)c3nc(CC)ccc32)cc1. The van der Waals surface area contributed by atoms with Gasteiger partial charge in [-0.25, -0.2) is 4.85 Å². The van der Waals surface area contributed by atoms with Crippen LogP contribution < -0.4 is 0 Å². The molecule has 1 saturated heterocycles. The van der Waals surface area contributed by atoms with Crippen LogP contribution in [-0.2, 0) is 6.42 Å². The number of pyridine rings is 1. The number of rotatable bonds is 5. The number of carbonyl (C=O) groups is 1. The van der Waals surface area contributed by atoms with Gasteiger partial charge in [0.1, 0.15) is 0 Å². The fraction of sp³-hybridized carbons (Fsp3) is 0.375. The van der Waals surface area contributed by atoms with Crippen LogP contribution in [0.25, 0.3) is 21.6 Å². The molecule has 5 heteroatoms. The Morgan fingerprint density at radius 1 is 1.10 bits per heavy atom. The van der Waals surface area contributed by atoms with Crippen LogP contribution in [-0.4, -0.2) is 39.9 Å². The third-order valence-electron chi connectivity index (χ3n) is 5.80. The van der Waals surface area contributed by atoms with Gasteiger partial charge in [-0.1, -0.05) is 25.5 Å². The molecule has 0 unspecified atom stereocenters. The Labute approximate surface area is 171 Å². The van der Waals surface area contributed by atoms with Gasteiger partial charge in [-0.15, -0.1) is 0 Å². The molecular weight excluding hydrogens is 360 g/mol. The molecule has 5 nitrogen and oxygen atoms in total. The van der Waals surface area contributed by atoms with E-state index in [1.165, 1.54) is 19.3 Å². The minimum Gasteiger partial charge on any atom is -0.312 e. The van der Waals surface area contributed by atoms with Crippen molar-refractivity contribution in [2.45, 2.75) is 39.5 Å². The summed E-state index contributed by atoms with van der Waals surface area (Å²) in [6.45, 7) is 13.7. The minimum absolute atomic E-state index is 0.145. The number of ketones is 1. The Hall–Kier alpha value is -2.97. The monoisotopic (exact) mass is 386 g/mol. The van der Waals surface area contributed by atoms with E-state index >= 15 is 0 Å². The molecule has 148 valence electrons. The zero-order valence-electron chi connectivity index (χ0n) is 17.1. The third-order valence-corrected chi connectivity index (χ3v) is 5.80. The number of aryl methyl sites for hydroxylation is 1. The molecule has 3 heterocycles. The van der Waals surface area contributed by atoms with Gasteiger partial charge >= 0.3 is 0 Å². The van der Waals surface area contributed by atoms with Gasteiger partial charge in [0.25, 0.3) is 0 Å². The van der Waals surface area contributed by atoms with Crippen molar-refractivity contribution in [3.8, 4) is 5.69 Å². The number of aromatic nitrogens is 2. The van der Waals surface area contributed by atoms with Gasteiger partial charge in [0.05, 0.1) is 29.7 Å². The van der Waals surface area contributed by atoms with Crippen LogP contribution in [0.4, 0.5) is 5.69 Å². The van der Waals surface area contributed by atoms with E-state index in [2.05, 4.69) is 27.3 Å². The Kier molecular flexibility index (Phi) is 5.46. The van der Waals surface area contributed by atoms with E-state index in [0.717, 1.165) is 53.2 Å². The summed E-state index contributed by atoms with van der Waals surface area (Å²) in [5, 5.41) is 0. The maximum atomic E-state index is 13.4. The van der Waals surface area contributed by atoms with Gasteiger partial charge in [0, 0.05) is 17.1 Å². The lowest BCUT2D eigenvalue weighted by Crippen LogP contribution is -2.34. The molecule has 1 aliphatic heterocycles. The average Bonchev–Trinajstić information content (AvgIpc) is 3.05. The molecule has 0 bridgehead atoms. The van der Waals surface area contributed by atoms with Crippen molar-refractivity contribution in [2.75, 3.05) is 19.6 Å². The highest BCUT2D eigenvalue weighted by Crippen LogP contribution is 2.30. The van der Waals surface area contributed by atoms with Gasteiger partial charge < -0.3 is 4.57 Å². The fourth-order valence-corrected chi connectivity index (χ4v) is 4.26. The highest BCUT2D eigenvalue weighted by atomic mass is 16.1. The second kappa shape index (κ2) is 8.18. The quantitative estimate of drug-likeness (QED) is 0.452. The number of nitrogens with zero attached hydrogens (tertiary/aromatic N) is 4. The first-order chi connectivity index (χ1) is 14.1. The Balaban J connectivity index is 1.83. The summed E-state index contributed by atoms with van der Waals surface area (Å²) in [5.41, 5.74) is 5.92. The number of fused-ring (bicyclic) bond motifs is 1. The Morgan fingerprint density at radius 3 is 2.48 bits per heavy atom. The van der Waals surface area contributed by atoms with Crippen LogP contribution in [0.2, 0.25) is 0 Å². The lowest BCUT2D eigenvalue weighted by Gasteiger charge is -2.25. The van der Waals surface area contributed by atoms with Crippen LogP contribution in [0.3, 0.4) is 0 Å². The highest BCUT2D eigenvalue weighted by Gasteiger charge is 2.24. The first kappa shape index (κ1) is 19.4. The number of benzene rings is 1. The summed E-state index contributed by atoms with van der Waals surface area (Å²) in [6, 6.07) is 11.6. The molecule has 29 heavy (non-hydrogen) atoms. The molecule has 0 aliphatic carbocycles. The van der Waals surface area contributed by atoms with Crippen LogP contribution in [0.5, 0.6) is 0 Å². The summed E-state index contributed by atoms with van der Waals surface area (Å²) >= 11 is 0. The molecule has 3 aromatic rings. The van der Waals surface area contributed by atoms with E-state index in [-0.39, 0.29) is 5.78 Å². The Morgan fingerprint density at radius 2 is 1.83 bits per heavy atom. The van der Waals surface area contributed by atoms with Crippen molar-refractivity contribution in [1.29, 1.82) is 0 Å². The summed E-state index contributed by atoms with van der Waals surface area (Å²) in [5.74, 6) is 0.145. The van der Waals surface area contributed by atoms with Crippen molar-refractivity contribution in [3.05, 3.63) is 64.8 Å². The van der Waals surface area contributed by atoms with Gasteiger partial charge in [-0.3, -0.25) is 14.7 Å². The van der Waals surface area contributed by atoms with Crippen LogP contribution in [0, 0.1) is 13.5 Å². The molecule has 0 radical (unpaired) electrons. The molecule has 0 spiro atoms. The molecule has 0 saturated carbocycles. The van der Waals surface area contributed by atoms with Crippen molar-refractivity contribution < 1.29 is 4.79 Å². The number of piperidine rings is 1. The first-order valence-electron chi connectivity index (χ1n) is 10.4. The van der Waals surface area contributed by atoms with Gasteiger partial charge in [0.2, 0.25) is 0 Å². The molecule has 1 aliphatic rings. The highest BCUT2D eigenvalue weighted by molar-refractivity contribution is 6.09. The van der Waals surface area contributed by atoms with E-state index in [1.54, 1.807) is 0 Å². The summed E-state index contributed by atoms with van der Waals surface area (Å²) in [4.78, 5) is 23.9. The molecule has 0 N–H and O–H groups in total. The van der Waals surface area contributed by atoms with Gasteiger partial charge in [-0.2, -0.15) is 0 Å². The molecule has 0 atom stereocenters. The van der Waals surface area contributed by atoms with E-state index in [0.29, 0.717) is 12.2 Å². The predicted molar refractivity (Wildman–Crippen MR) is 116 cm³/mol. The van der Waals surface area contributed by atoms with E-state index < -0.39 is 0 Å². The number of hydrogen-bond acceptors (Lipinski definition) is 3. The summed E-state index contributed by atoms with van der Waals surface area (Å²) in [7, 11) is 0. The molecule has 1 aromatic carbocycles. The van der Waals surface area contributed by atoms with Crippen molar-refractivity contribution in [3.63, 3.8) is 0 Å². The standard InChI is InChI=1S/C24H26N4O/c1-4-18-10-13-21-24(26-18)23(22(29)16-27-14-6-5-7-15-27)17(2)28(21)20-11-8-19(25-3)9-12-20/h8-13H,4-7,14-16H2,1-2H3. The van der Waals surface area contributed by atoms with Gasteiger partial charge in [0.15, 0.2) is 11.5 Å². The molecule has 4 rings (SSSR count). The maximum absolute atomic E-state index is 13.4. The van der Waals surface area contributed by atoms with Crippen LogP contribution >= 0.6 is 0 Å². The molecule has 2 aromatic heterocycles. The molecular formula is C24H26N4O. The van der Waals surface area contributed by atoms with Crippen molar-refractivity contribution in [1.82, 2.24) is 14.5 Å².